The van der Waals surface area contributed by atoms with Crippen molar-refractivity contribution in [1.29, 1.82) is 0 Å². The zero-order valence-electron chi connectivity index (χ0n) is 12.3. The van der Waals surface area contributed by atoms with Gasteiger partial charge in [-0.1, -0.05) is 6.42 Å². The van der Waals surface area contributed by atoms with Crippen LogP contribution in [-0.2, 0) is 23.8 Å². The maximum absolute atomic E-state index is 12.2. The number of fused-ring (bicyclic) bond motifs is 1. The quantitative estimate of drug-likeness (QED) is 0.708. The number of esters is 1. The fourth-order valence-corrected chi connectivity index (χ4v) is 3.47. The van der Waals surface area contributed by atoms with E-state index < -0.39 is 5.79 Å². The summed E-state index contributed by atoms with van der Waals surface area (Å²) in [5.74, 6) is -1.11. The molecule has 0 radical (unpaired) electrons. The Morgan fingerprint density at radius 1 is 1.35 bits per heavy atom. The molecule has 3 rings (SSSR count). The normalized spacial score (nSPS) is 40.5. The average Bonchev–Trinajstić information content (AvgIpc) is 2.97. The van der Waals surface area contributed by atoms with Gasteiger partial charge in [-0.2, -0.15) is 5.06 Å². The molecule has 6 nitrogen and oxygen atoms in total. The van der Waals surface area contributed by atoms with E-state index in [2.05, 4.69) is 0 Å². The molecule has 3 aliphatic rings. The minimum Gasteiger partial charge on any atom is -0.469 e. The molecule has 0 aromatic rings. The van der Waals surface area contributed by atoms with Crippen molar-refractivity contribution in [3.63, 3.8) is 0 Å². The van der Waals surface area contributed by atoms with Crippen LogP contribution in [0.1, 0.15) is 33.1 Å². The van der Waals surface area contributed by atoms with E-state index in [1.54, 1.807) is 0 Å². The van der Waals surface area contributed by atoms with Gasteiger partial charge in [-0.05, 0) is 26.7 Å². The van der Waals surface area contributed by atoms with Gasteiger partial charge in [0.2, 0.25) is 0 Å². The molecule has 0 aromatic carbocycles. The molecule has 0 amide bonds. The third-order valence-electron chi connectivity index (χ3n) is 4.39. The Labute approximate surface area is 119 Å². The lowest BCUT2D eigenvalue weighted by atomic mass is 9.87. The summed E-state index contributed by atoms with van der Waals surface area (Å²) in [7, 11) is 1.43. The summed E-state index contributed by atoms with van der Waals surface area (Å²) in [6, 6.07) is 0.105. The predicted molar refractivity (Wildman–Crippen MR) is 69.6 cm³/mol. The highest BCUT2D eigenvalue weighted by atomic mass is 16.8. The Morgan fingerprint density at radius 3 is 2.80 bits per heavy atom. The van der Waals surface area contributed by atoms with Crippen LogP contribution in [0, 0.1) is 5.92 Å². The van der Waals surface area contributed by atoms with Gasteiger partial charge in [-0.3, -0.25) is 9.63 Å². The maximum atomic E-state index is 12.2. The van der Waals surface area contributed by atoms with Crippen LogP contribution in [0.2, 0.25) is 0 Å². The van der Waals surface area contributed by atoms with Gasteiger partial charge in [0, 0.05) is 6.54 Å². The van der Waals surface area contributed by atoms with Crippen molar-refractivity contribution < 1.29 is 23.8 Å². The average molecular weight is 285 g/mol. The fourth-order valence-electron chi connectivity index (χ4n) is 3.47. The zero-order valence-corrected chi connectivity index (χ0v) is 12.3. The van der Waals surface area contributed by atoms with Crippen molar-refractivity contribution in [2.24, 2.45) is 5.92 Å². The molecule has 6 heteroatoms. The Bertz CT molecular complexity index is 386. The maximum Gasteiger partial charge on any atom is 0.313 e. The monoisotopic (exact) mass is 285 g/mol. The van der Waals surface area contributed by atoms with E-state index in [4.69, 9.17) is 19.0 Å². The smallest absolute Gasteiger partial charge is 0.313 e. The van der Waals surface area contributed by atoms with Crippen LogP contribution >= 0.6 is 0 Å². The molecule has 0 spiro atoms. The van der Waals surface area contributed by atoms with Crippen LogP contribution in [0.4, 0.5) is 0 Å². The highest BCUT2D eigenvalue weighted by Gasteiger charge is 2.54. The van der Waals surface area contributed by atoms with Crippen molar-refractivity contribution in [2.45, 2.75) is 57.1 Å². The molecular formula is C14H23NO5. The first-order chi connectivity index (χ1) is 9.52. The third-order valence-corrected chi connectivity index (χ3v) is 4.39. The molecular weight excluding hydrogens is 262 g/mol. The van der Waals surface area contributed by atoms with Gasteiger partial charge in [0.1, 0.15) is 18.1 Å². The summed E-state index contributed by atoms with van der Waals surface area (Å²) < 4.78 is 16.5. The van der Waals surface area contributed by atoms with Gasteiger partial charge in [0.05, 0.1) is 19.8 Å². The Kier molecular flexibility index (Phi) is 3.75. The molecule has 0 aromatic heterocycles. The first-order valence-electron chi connectivity index (χ1n) is 7.35. The summed E-state index contributed by atoms with van der Waals surface area (Å²) in [5.41, 5.74) is 0. The van der Waals surface area contributed by atoms with E-state index >= 15 is 0 Å². The van der Waals surface area contributed by atoms with Crippen LogP contribution in [-0.4, -0.2) is 55.3 Å². The number of nitrogens with zero attached hydrogens (tertiary/aromatic N) is 1. The fraction of sp³-hybridized carbons (Fsp3) is 0.929. The van der Waals surface area contributed by atoms with Crippen molar-refractivity contribution in [1.82, 2.24) is 5.06 Å². The Hall–Kier alpha value is -0.690. The minimum atomic E-state index is -0.613. The first-order valence-corrected chi connectivity index (χ1v) is 7.35. The lowest BCUT2D eigenvalue weighted by Crippen LogP contribution is -2.42. The standard InChI is InChI=1S/C14H23NO5/c1-14(2)18-8-10(19-14)12-11(13(16)17-3)9-6-4-5-7-15(9)20-12/h9-12H,4-8H2,1-3H3/t9-,10+,11+,12-/m1/s1. The van der Waals surface area contributed by atoms with E-state index in [9.17, 15) is 4.79 Å². The molecule has 114 valence electrons. The highest BCUT2D eigenvalue weighted by Crippen LogP contribution is 2.39. The third kappa shape index (κ3) is 2.45. The number of rotatable bonds is 2. The van der Waals surface area contributed by atoms with Gasteiger partial charge in [0.15, 0.2) is 5.79 Å². The molecule has 3 saturated heterocycles. The number of ether oxygens (including phenoxy) is 3. The van der Waals surface area contributed by atoms with E-state index in [1.807, 2.05) is 18.9 Å². The molecule has 3 fully saturated rings. The second-order valence-electron chi connectivity index (χ2n) is 6.19. The number of hydrogen-bond acceptors (Lipinski definition) is 6. The van der Waals surface area contributed by atoms with Gasteiger partial charge in [-0.25, -0.2) is 0 Å². The number of carbonyl (C=O) groups is 1. The number of piperidine rings is 1. The van der Waals surface area contributed by atoms with Crippen molar-refractivity contribution >= 4 is 5.97 Å². The van der Waals surface area contributed by atoms with Crippen molar-refractivity contribution in [2.75, 3.05) is 20.3 Å². The minimum absolute atomic E-state index is 0.105. The summed E-state index contributed by atoms with van der Waals surface area (Å²) in [6.45, 7) is 5.07. The summed E-state index contributed by atoms with van der Waals surface area (Å²) in [6.07, 6.45) is 2.66. The van der Waals surface area contributed by atoms with Gasteiger partial charge in [0.25, 0.3) is 0 Å². The van der Waals surface area contributed by atoms with Crippen LogP contribution < -0.4 is 0 Å². The lowest BCUT2D eigenvalue weighted by Gasteiger charge is -2.28. The molecule has 3 aliphatic heterocycles. The number of carbonyl (C=O) groups excluding carboxylic acids is 1. The van der Waals surface area contributed by atoms with E-state index in [-0.39, 0.29) is 30.1 Å². The zero-order chi connectivity index (χ0) is 14.3. The summed E-state index contributed by atoms with van der Waals surface area (Å²) in [4.78, 5) is 18.2. The van der Waals surface area contributed by atoms with Crippen LogP contribution in [0.15, 0.2) is 0 Å². The van der Waals surface area contributed by atoms with Crippen LogP contribution in [0.3, 0.4) is 0 Å². The summed E-state index contributed by atoms with van der Waals surface area (Å²) >= 11 is 0. The molecule has 4 atom stereocenters. The van der Waals surface area contributed by atoms with Crippen LogP contribution in [0.5, 0.6) is 0 Å². The molecule has 0 unspecified atom stereocenters. The number of methoxy groups -OCH3 is 1. The van der Waals surface area contributed by atoms with E-state index in [1.165, 1.54) is 7.11 Å². The van der Waals surface area contributed by atoms with Gasteiger partial charge in [-0.15, -0.1) is 0 Å². The van der Waals surface area contributed by atoms with Crippen molar-refractivity contribution in [3.05, 3.63) is 0 Å². The Morgan fingerprint density at radius 2 is 2.15 bits per heavy atom. The second-order valence-corrected chi connectivity index (χ2v) is 6.19. The molecule has 3 heterocycles. The second kappa shape index (κ2) is 5.26. The SMILES string of the molecule is COC(=O)[C@@H]1[C@@H]([C@@H]2COC(C)(C)O2)ON2CCCC[C@H]12. The van der Waals surface area contributed by atoms with E-state index in [0.717, 1.165) is 25.8 Å². The molecule has 0 bridgehead atoms. The first kappa shape index (κ1) is 14.3. The van der Waals surface area contributed by atoms with Gasteiger partial charge < -0.3 is 14.2 Å². The van der Waals surface area contributed by atoms with Crippen molar-refractivity contribution in [3.8, 4) is 0 Å². The highest BCUT2D eigenvalue weighted by molar-refractivity contribution is 5.74. The predicted octanol–water partition coefficient (Wildman–Crippen LogP) is 1.10. The van der Waals surface area contributed by atoms with Gasteiger partial charge >= 0.3 is 5.97 Å². The topological polar surface area (TPSA) is 57.2 Å². The molecule has 20 heavy (non-hydrogen) atoms. The van der Waals surface area contributed by atoms with Crippen LogP contribution in [0.25, 0.3) is 0 Å². The number of hydrogen-bond donors (Lipinski definition) is 0. The summed E-state index contributed by atoms with van der Waals surface area (Å²) in [5, 5.41) is 1.95. The number of hydroxylamine groups is 2. The molecule has 0 saturated carbocycles. The van der Waals surface area contributed by atoms with E-state index in [0.29, 0.717) is 6.61 Å². The lowest BCUT2D eigenvalue weighted by molar-refractivity contribution is -0.209. The Balaban J connectivity index is 1.79. The molecule has 0 aliphatic carbocycles. The largest absolute Gasteiger partial charge is 0.469 e. The molecule has 0 N–H and O–H groups in total.